The summed E-state index contributed by atoms with van der Waals surface area (Å²) in [5, 5.41) is 11.0. The average Bonchev–Trinajstić information content (AvgIpc) is 2.46. The van der Waals surface area contributed by atoms with Crippen LogP contribution in [0.3, 0.4) is 0 Å². The Labute approximate surface area is 140 Å². The Morgan fingerprint density at radius 3 is 2.22 bits per heavy atom. The van der Waals surface area contributed by atoms with E-state index in [1.165, 1.54) is 12.8 Å². The first kappa shape index (κ1) is 18.5. The smallest absolute Gasteiger partial charge is 0.410 e. The van der Waals surface area contributed by atoms with Gasteiger partial charge in [0.25, 0.3) is 0 Å². The standard InChI is InChI=1S/C18H34N2O3/c1-13-5-7-14(8-6-13)15(19)18(22)9-11-20(12-10-18)16(21)23-17(2,3)4/h13-15,22H,5-12,19H2,1-4H3. The van der Waals surface area contributed by atoms with E-state index in [-0.39, 0.29) is 12.1 Å². The number of hydrogen-bond acceptors (Lipinski definition) is 4. The molecule has 0 spiro atoms. The zero-order valence-corrected chi connectivity index (χ0v) is 15.2. The van der Waals surface area contributed by atoms with E-state index in [1.807, 2.05) is 20.8 Å². The molecule has 5 nitrogen and oxygen atoms in total. The molecular formula is C18H34N2O3. The van der Waals surface area contributed by atoms with Crippen molar-refractivity contribution in [3.63, 3.8) is 0 Å². The van der Waals surface area contributed by atoms with Crippen LogP contribution in [0.1, 0.15) is 66.2 Å². The van der Waals surface area contributed by atoms with Crippen molar-refractivity contribution in [1.82, 2.24) is 4.90 Å². The summed E-state index contributed by atoms with van der Waals surface area (Å²) in [5.74, 6) is 1.19. The van der Waals surface area contributed by atoms with Crippen molar-refractivity contribution in [2.75, 3.05) is 13.1 Å². The van der Waals surface area contributed by atoms with Crippen LogP contribution in [0.2, 0.25) is 0 Å². The summed E-state index contributed by atoms with van der Waals surface area (Å²) in [6, 6.07) is -0.184. The molecule has 134 valence electrons. The lowest BCUT2D eigenvalue weighted by Gasteiger charge is -2.45. The highest BCUT2D eigenvalue weighted by Gasteiger charge is 2.43. The van der Waals surface area contributed by atoms with Gasteiger partial charge >= 0.3 is 6.09 Å². The number of ether oxygens (including phenoxy) is 1. The van der Waals surface area contributed by atoms with E-state index in [9.17, 15) is 9.90 Å². The minimum absolute atomic E-state index is 0.184. The molecule has 0 aromatic carbocycles. The third-order valence-electron chi connectivity index (χ3n) is 5.47. The minimum atomic E-state index is -0.843. The molecule has 0 radical (unpaired) electrons. The number of amides is 1. The van der Waals surface area contributed by atoms with Gasteiger partial charge in [-0.25, -0.2) is 4.79 Å². The summed E-state index contributed by atoms with van der Waals surface area (Å²) in [6.45, 7) is 8.92. The molecule has 1 saturated heterocycles. The number of carbonyl (C=O) groups excluding carboxylic acids is 1. The summed E-state index contributed by atoms with van der Waals surface area (Å²) < 4.78 is 5.41. The van der Waals surface area contributed by atoms with Crippen LogP contribution in [0.25, 0.3) is 0 Å². The van der Waals surface area contributed by atoms with Crippen molar-refractivity contribution in [1.29, 1.82) is 0 Å². The molecule has 1 aliphatic carbocycles. The molecule has 1 aliphatic heterocycles. The maximum Gasteiger partial charge on any atom is 0.410 e. The van der Waals surface area contributed by atoms with Gasteiger partial charge in [0.05, 0.1) is 5.60 Å². The Balaban J connectivity index is 1.87. The van der Waals surface area contributed by atoms with Gasteiger partial charge in [-0.3, -0.25) is 0 Å². The Morgan fingerprint density at radius 2 is 1.74 bits per heavy atom. The quantitative estimate of drug-likeness (QED) is 0.818. The van der Waals surface area contributed by atoms with Crippen LogP contribution in [0.5, 0.6) is 0 Å². The number of aliphatic hydroxyl groups is 1. The number of nitrogens with zero attached hydrogens (tertiary/aromatic N) is 1. The van der Waals surface area contributed by atoms with Crippen molar-refractivity contribution >= 4 is 6.09 Å². The Kier molecular flexibility index (Phi) is 5.62. The maximum atomic E-state index is 12.1. The summed E-state index contributed by atoms with van der Waals surface area (Å²) in [7, 11) is 0. The molecule has 0 aromatic rings. The first-order valence-electron chi connectivity index (χ1n) is 9.06. The molecule has 1 heterocycles. The van der Waals surface area contributed by atoms with E-state index in [4.69, 9.17) is 10.5 Å². The second-order valence-corrected chi connectivity index (χ2v) is 8.62. The van der Waals surface area contributed by atoms with E-state index < -0.39 is 11.2 Å². The third kappa shape index (κ3) is 4.83. The third-order valence-corrected chi connectivity index (χ3v) is 5.47. The van der Waals surface area contributed by atoms with E-state index in [2.05, 4.69) is 6.92 Å². The lowest BCUT2D eigenvalue weighted by molar-refractivity contribution is -0.0623. The maximum absolute atomic E-state index is 12.1. The van der Waals surface area contributed by atoms with Gasteiger partial charge in [-0.2, -0.15) is 0 Å². The van der Waals surface area contributed by atoms with Gasteiger partial charge in [0.1, 0.15) is 5.60 Å². The highest BCUT2D eigenvalue weighted by atomic mass is 16.6. The van der Waals surface area contributed by atoms with E-state index >= 15 is 0 Å². The van der Waals surface area contributed by atoms with Gasteiger partial charge in [0, 0.05) is 19.1 Å². The predicted molar refractivity (Wildman–Crippen MR) is 91.1 cm³/mol. The van der Waals surface area contributed by atoms with Crippen LogP contribution >= 0.6 is 0 Å². The van der Waals surface area contributed by atoms with E-state index in [0.29, 0.717) is 31.8 Å². The van der Waals surface area contributed by atoms with Crippen LogP contribution in [-0.4, -0.2) is 46.4 Å². The SMILES string of the molecule is CC1CCC(C(N)C2(O)CCN(C(=O)OC(C)(C)C)CC2)CC1. The summed E-state index contributed by atoms with van der Waals surface area (Å²) >= 11 is 0. The summed E-state index contributed by atoms with van der Waals surface area (Å²) in [5.41, 5.74) is 5.11. The second kappa shape index (κ2) is 6.98. The van der Waals surface area contributed by atoms with Crippen LogP contribution in [-0.2, 0) is 4.74 Å². The van der Waals surface area contributed by atoms with E-state index in [1.54, 1.807) is 4.90 Å². The molecule has 1 amide bonds. The molecule has 1 atom stereocenters. The summed E-state index contributed by atoms with van der Waals surface area (Å²) in [4.78, 5) is 13.8. The van der Waals surface area contributed by atoms with Crippen LogP contribution in [0.15, 0.2) is 0 Å². The van der Waals surface area contributed by atoms with Gasteiger partial charge in [-0.05, 0) is 58.3 Å². The number of rotatable bonds is 2. The number of carbonyl (C=O) groups is 1. The fraction of sp³-hybridized carbons (Fsp3) is 0.944. The van der Waals surface area contributed by atoms with Crippen LogP contribution in [0, 0.1) is 11.8 Å². The van der Waals surface area contributed by atoms with Crippen molar-refractivity contribution < 1.29 is 14.6 Å². The highest BCUT2D eigenvalue weighted by Crippen LogP contribution is 2.36. The molecular weight excluding hydrogens is 292 g/mol. The molecule has 0 aromatic heterocycles. The van der Waals surface area contributed by atoms with E-state index in [0.717, 1.165) is 18.8 Å². The summed E-state index contributed by atoms with van der Waals surface area (Å²) in [6.07, 6.45) is 5.43. The second-order valence-electron chi connectivity index (χ2n) is 8.62. The van der Waals surface area contributed by atoms with Gasteiger partial charge in [-0.15, -0.1) is 0 Å². The molecule has 1 saturated carbocycles. The lowest BCUT2D eigenvalue weighted by Crippen LogP contribution is -2.58. The Morgan fingerprint density at radius 1 is 1.22 bits per heavy atom. The average molecular weight is 326 g/mol. The molecule has 2 fully saturated rings. The molecule has 0 bridgehead atoms. The van der Waals surface area contributed by atoms with Crippen LogP contribution in [0.4, 0.5) is 4.79 Å². The Bertz CT molecular complexity index is 403. The van der Waals surface area contributed by atoms with Gasteiger partial charge in [0.2, 0.25) is 0 Å². The predicted octanol–water partition coefficient (Wildman–Crippen LogP) is 2.90. The monoisotopic (exact) mass is 326 g/mol. The molecule has 23 heavy (non-hydrogen) atoms. The highest BCUT2D eigenvalue weighted by molar-refractivity contribution is 5.68. The number of likely N-dealkylation sites (tertiary alicyclic amines) is 1. The number of nitrogens with two attached hydrogens (primary N) is 1. The van der Waals surface area contributed by atoms with Crippen molar-refractivity contribution in [2.24, 2.45) is 17.6 Å². The molecule has 2 rings (SSSR count). The molecule has 2 aliphatic rings. The van der Waals surface area contributed by atoms with Crippen LogP contribution < -0.4 is 5.73 Å². The van der Waals surface area contributed by atoms with Gasteiger partial charge in [-0.1, -0.05) is 19.8 Å². The van der Waals surface area contributed by atoms with Gasteiger partial charge < -0.3 is 20.5 Å². The van der Waals surface area contributed by atoms with Crippen molar-refractivity contribution in [3.05, 3.63) is 0 Å². The fourth-order valence-electron chi connectivity index (χ4n) is 3.82. The zero-order valence-electron chi connectivity index (χ0n) is 15.2. The zero-order chi connectivity index (χ0) is 17.3. The lowest BCUT2D eigenvalue weighted by atomic mass is 9.71. The van der Waals surface area contributed by atoms with Gasteiger partial charge in [0.15, 0.2) is 0 Å². The molecule has 5 heteroatoms. The Hall–Kier alpha value is -0.810. The number of hydrogen-bond donors (Lipinski definition) is 2. The largest absolute Gasteiger partial charge is 0.444 e. The first-order valence-corrected chi connectivity index (χ1v) is 9.06. The first-order chi connectivity index (χ1) is 10.6. The minimum Gasteiger partial charge on any atom is -0.444 e. The molecule has 1 unspecified atom stereocenters. The molecule has 3 N–H and O–H groups in total. The van der Waals surface area contributed by atoms with Crippen molar-refractivity contribution in [2.45, 2.75) is 83.5 Å². The topological polar surface area (TPSA) is 75.8 Å². The fourth-order valence-corrected chi connectivity index (χ4v) is 3.82. The normalized spacial score (nSPS) is 29.9. The number of piperidine rings is 1. The van der Waals surface area contributed by atoms with Crippen molar-refractivity contribution in [3.8, 4) is 0 Å².